The van der Waals surface area contributed by atoms with Crippen LogP contribution in [0.3, 0.4) is 0 Å². The second kappa shape index (κ2) is 6.92. The van der Waals surface area contributed by atoms with Gasteiger partial charge in [0.1, 0.15) is 11.6 Å². The molecule has 1 atom stereocenters. The largest absolute Gasteiger partial charge is 0.340 e. The van der Waals surface area contributed by atoms with Gasteiger partial charge in [-0.3, -0.25) is 9.59 Å². The van der Waals surface area contributed by atoms with Crippen LogP contribution in [-0.2, 0) is 9.59 Å². The number of nitrogens with zero attached hydrogens (tertiary/aromatic N) is 1. The summed E-state index contributed by atoms with van der Waals surface area (Å²) in [6.45, 7) is 8.25. The van der Waals surface area contributed by atoms with Gasteiger partial charge in [0.2, 0.25) is 11.8 Å². The lowest BCUT2D eigenvalue weighted by Gasteiger charge is -2.41. The highest BCUT2D eigenvalue weighted by Gasteiger charge is 2.42. The Morgan fingerprint density at radius 1 is 1.11 bits per heavy atom. The van der Waals surface area contributed by atoms with Crippen molar-refractivity contribution in [3.8, 4) is 0 Å². The van der Waals surface area contributed by atoms with Gasteiger partial charge in [-0.05, 0) is 27.2 Å². The predicted molar refractivity (Wildman–Crippen MR) is 76.8 cm³/mol. The van der Waals surface area contributed by atoms with Crippen molar-refractivity contribution in [1.82, 2.24) is 10.2 Å². The van der Waals surface area contributed by atoms with Crippen molar-refractivity contribution in [2.24, 2.45) is 0 Å². The summed E-state index contributed by atoms with van der Waals surface area (Å²) in [6, 6.07) is -0.337. The molecule has 0 radical (unpaired) electrons. The van der Waals surface area contributed by atoms with E-state index in [1.165, 1.54) is 25.7 Å². The highest BCUT2D eigenvalue weighted by molar-refractivity contribution is 5.99. The third-order valence-corrected chi connectivity index (χ3v) is 3.83. The van der Waals surface area contributed by atoms with Crippen molar-refractivity contribution < 1.29 is 9.59 Å². The first-order valence-electron chi connectivity index (χ1n) is 7.53. The number of hydrogen-bond acceptors (Lipinski definition) is 2. The Labute approximate surface area is 116 Å². The fourth-order valence-corrected chi connectivity index (χ4v) is 2.50. The average Bonchev–Trinajstić information content (AvgIpc) is 2.34. The second-order valence-corrected chi connectivity index (χ2v) is 6.06. The predicted octanol–water partition coefficient (Wildman–Crippen LogP) is 2.47. The fraction of sp³-hybridized carbons (Fsp3) is 0.867. The highest BCUT2D eigenvalue weighted by atomic mass is 16.2. The summed E-state index contributed by atoms with van der Waals surface area (Å²) in [5, 5.41) is 2.77. The first-order valence-corrected chi connectivity index (χ1v) is 7.53. The van der Waals surface area contributed by atoms with E-state index in [0.717, 1.165) is 12.8 Å². The monoisotopic (exact) mass is 268 g/mol. The summed E-state index contributed by atoms with van der Waals surface area (Å²) in [5.41, 5.74) is -0.758. The zero-order chi connectivity index (χ0) is 14.5. The summed E-state index contributed by atoms with van der Waals surface area (Å²) in [5.74, 6) is -0.0104. The molecule has 0 aromatic carbocycles. The van der Waals surface area contributed by atoms with Crippen LogP contribution in [0.25, 0.3) is 0 Å². The van der Waals surface area contributed by atoms with Gasteiger partial charge in [0.25, 0.3) is 0 Å². The molecule has 4 heteroatoms. The molecule has 4 nitrogen and oxygen atoms in total. The molecule has 0 spiro atoms. The van der Waals surface area contributed by atoms with E-state index < -0.39 is 5.54 Å². The summed E-state index contributed by atoms with van der Waals surface area (Å²) < 4.78 is 0. The van der Waals surface area contributed by atoms with Gasteiger partial charge in [-0.25, -0.2) is 0 Å². The summed E-state index contributed by atoms with van der Waals surface area (Å²) in [6.07, 6.45) is 7.15. The van der Waals surface area contributed by atoms with Gasteiger partial charge in [-0.1, -0.05) is 39.0 Å². The van der Waals surface area contributed by atoms with Crippen LogP contribution in [0, 0.1) is 0 Å². The van der Waals surface area contributed by atoms with Gasteiger partial charge in [0, 0.05) is 6.54 Å². The zero-order valence-corrected chi connectivity index (χ0v) is 12.8. The zero-order valence-electron chi connectivity index (χ0n) is 12.8. The van der Waals surface area contributed by atoms with Crippen LogP contribution >= 0.6 is 0 Å². The SMILES string of the molecule is CCCCCCCCN1C(=O)C(C)(C)NC(=O)C1C. The molecular formula is C15H28N2O2. The van der Waals surface area contributed by atoms with E-state index in [4.69, 9.17) is 0 Å². The maximum absolute atomic E-state index is 12.3. The van der Waals surface area contributed by atoms with Crippen molar-refractivity contribution in [1.29, 1.82) is 0 Å². The van der Waals surface area contributed by atoms with Crippen LogP contribution in [-0.4, -0.2) is 34.8 Å². The van der Waals surface area contributed by atoms with Crippen LogP contribution < -0.4 is 5.32 Å². The molecule has 19 heavy (non-hydrogen) atoms. The molecule has 2 amide bonds. The highest BCUT2D eigenvalue weighted by Crippen LogP contribution is 2.18. The van der Waals surface area contributed by atoms with Crippen LogP contribution in [0.5, 0.6) is 0 Å². The van der Waals surface area contributed by atoms with Crippen molar-refractivity contribution in [3.05, 3.63) is 0 Å². The van der Waals surface area contributed by atoms with Gasteiger partial charge in [-0.15, -0.1) is 0 Å². The number of nitrogens with one attached hydrogen (secondary N) is 1. The maximum atomic E-state index is 12.3. The number of carbonyl (C=O) groups excluding carboxylic acids is 2. The molecule has 0 aromatic rings. The molecule has 1 fully saturated rings. The molecule has 0 aliphatic carbocycles. The first kappa shape index (κ1) is 16.0. The number of piperazine rings is 1. The standard InChI is InChI=1S/C15H28N2O2/c1-5-6-7-8-9-10-11-17-12(2)13(18)16-15(3,4)14(17)19/h12H,5-11H2,1-4H3,(H,16,18). The molecule has 1 rings (SSSR count). The minimum Gasteiger partial charge on any atom is -0.340 e. The van der Waals surface area contributed by atoms with Crippen molar-refractivity contribution in [3.63, 3.8) is 0 Å². The summed E-state index contributed by atoms with van der Waals surface area (Å²) >= 11 is 0. The lowest BCUT2D eigenvalue weighted by Crippen LogP contribution is -2.67. The van der Waals surface area contributed by atoms with Gasteiger partial charge in [0.05, 0.1) is 0 Å². The molecule has 110 valence electrons. The molecule has 1 N–H and O–H groups in total. The smallest absolute Gasteiger partial charge is 0.248 e. The Morgan fingerprint density at radius 2 is 1.68 bits per heavy atom. The quantitative estimate of drug-likeness (QED) is 0.721. The van der Waals surface area contributed by atoms with Crippen molar-refractivity contribution in [2.45, 2.75) is 77.8 Å². The van der Waals surface area contributed by atoms with E-state index in [0.29, 0.717) is 6.54 Å². The fourth-order valence-electron chi connectivity index (χ4n) is 2.50. The van der Waals surface area contributed by atoms with E-state index >= 15 is 0 Å². The number of rotatable bonds is 7. The number of hydrogen-bond donors (Lipinski definition) is 1. The Hall–Kier alpha value is -1.06. The molecule has 0 bridgehead atoms. The number of unbranched alkanes of at least 4 members (excludes halogenated alkanes) is 5. The third kappa shape index (κ3) is 4.22. The van der Waals surface area contributed by atoms with Gasteiger partial charge >= 0.3 is 0 Å². The Bertz CT molecular complexity index is 326. The van der Waals surface area contributed by atoms with E-state index in [1.54, 1.807) is 25.7 Å². The summed E-state index contributed by atoms with van der Waals surface area (Å²) in [4.78, 5) is 25.8. The van der Waals surface area contributed by atoms with E-state index in [1.807, 2.05) is 0 Å². The van der Waals surface area contributed by atoms with Crippen LogP contribution in [0.1, 0.15) is 66.2 Å². The average molecular weight is 268 g/mol. The van der Waals surface area contributed by atoms with Crippen molar-refractivity contribution in [2.75, 3.05) is 6.54 Å². The number of carbonyl (C=O) groups is 2. The Balaban J connectivity index is 2.41. The summed E-state index contributed by atoms with van der Waals surface area (Å²) in [7, 11) is 0. The minimum atomic E-state index is -0.758. The molecular weight excluding hydrogens is 240 g/mol. The topological polar surface area (TPSA) is 49.4 Å². The second-order valence-electron chi connectivity index (χ2n) is 6.06. The molecule has 0 aromatic heterocycles. The van der Waals surface area contributed by atoms with E-state index in [2.05, 4.69) is 12.2 Å². The van der Waals surface area contributed by atoms with Crippen LogP contribution in [0.4, 0.5) is 0 Å². The minimum absolute atomic E-state index is 0.0353. The lowest BCUT2D eigenvalue weighted by molar-refractivity contribution is -0.152. The van der Waals surface area contributed by atoms with E-state index in [9.17, 15) is 9.59 Å². The normalized spacial score (nSPS) is 22.5. The van der Waals surface area contributed by atoms with Crippen molar-refractivity contribution >= 4 is 11.8 Å². The Kier molecular flexibility index (Phi) is 5.83. The maximum Gasteiger partial charge on any atom is 0.248 e. The molecule has 1 aliphatic rings. The van der Waals surface area contributed by atoms with Gasteiger partial charge in [-0.2, -0.15) is 0 Å². The van der Waals surface area contributed by atoms with Gasteiger partial charge < -0.3 is 10.2 Å². The number of amides is 2. The van der Waals surface area contributed by atoms with Gasteiger partial charge in [0.15, 0.2) is 0 Å². The molecule has 1 unspecified atom stereocenters. The molecule has 1 heterocycles. The molecule has 0 saturated carbocycles. The van der Waals surface area contributed by atoms with E-state index in [-0.39, 0.29) is 17.9 Å². The van der Waals surface area contributed by atoms with Crippen LogP contribution in [0.15, 0.2) is 0 Å². The molecule has 1 saturated heterocycles. The Morgan fingerprint density at radius 3 is 2.32 bits per heavy atom. The van der Waals surface area contributed by atoms with Crippen LogP contribution in [0.2, 0.25) is 0 Å². The molecule has 1 aliphatic heterocycles. The lowest BCUT2D eigenvalue weighted by atomic mass is 9.97. The third-order valence-electron chi connectivity index (χ3n) is 3.83. The first-order chi connectivity index (χ1) is 8.90.